The Morgan fingerprint density at radius 2 is 1.79 bits per heavy atom. The molecule has 0 radical (unpaired) electrons. The number of nitrogens with one attached hydrogen (secondary N) is 2. The SMILES string of the molecule is CN=C(NCCS(=O)c1ccccc1)NCc1ccc(OC)cc1. The fourth-order valence-electron chi connectivity index (χ4n) is 2.10. The zero-order valence-electron chi connectivity index (χ0n) is 14.0. The first-order chi connectivity index (χ1) is 11.7. The summed E-state index contributed by atoms with van der Waals surface area (Å²) in [6.45, 7) is 1.25. The van der Waals surface area contributed by atoms with Gasteiger partial charge in [-0.2, -0.15) is 0 Å². The number of ether oxygens (including phenoxy) is 1. The average molecular weight is 345 g/mol. The third kappa shape index (κ3) is 5.70. The van der Waals surface area contributed by atoms with E-state index in [1.54, 1.807) is 14.2 Å². The first-order valence-electron chi connectivity index (χ1n) is 7.74. The van der Waals surface area contributed by atoms with Crippen LogP contribution in [-0.4, -0.2) is 36.6 Å². The lowest BCUT2D eigenvalue weighted by Gasteiger charge is -2.12. The third-order valence-electron chi connectivity index (χ3n) is 3.43. The lowest BCUT2D eigenvalue weighted by Crippen LogP contribution is -2.38. The van der Waals surface area contributed by atoms with E-state index in [0.717, 1.165) is 16.2 Å². The maximum atomic E-state index is 12.2. The summed E-state index contributed by atoms with van der Waals surface area (Å²) in [6, 6.07) is 17.3. The van der Waals surface area contributed by atoms with Crippen LogP contribution in [0.3, 0.4) is 0 Å². The Labute approximate surface area is 145 Å². The number of benzene rings is 2. The molecule has 5 nitrogen and oxygen atoms in total. The van der Waals surface area contributed by atoms with Crippen molar-refractivity contribution < 1.29 is 8.95 Å². The van der Waals surface area contributed by atoms with Crippen LogP contribution in [-0.2, 0) is 17.3 Å². The van der Waals surface area contributed by atoms with Crippen molar-refractivity contribution in [1.82, 2.24) is 10.6 Å². The van der Waals surface area contributed by atoms with Gasteiger partial charge in [0.2, 0.25) is 0 Å². The van der Waals surface area contributed by atoms with E-state index in [4.69, 9.17) is 4.74 Å². The fraction of sp³-hybridized carbons (Fsp3) is 0.278. The Hall–Kier alpha value is -2.34. The summed E-state index contributed by atoms with van der Waals surface area (Å²) in [5.74, 6) is 2.06. The van der Waals surface area contributed by atoms with Gasteiger partial charge in [-0.15, -0.1) is 0 Å². The molecule has 0 bridgehead atoms. The maximum Gasteiger partial charge on any atom is 0.191 e. The standard InChI is InChI=1S/C18H23N3O2S/c1-19-18(21-14-15-8-10-16(23-2)11-9-15)20-12-13-24(22)17-6-4-3-5-7-17/h3-11H,12-14H2,1-2H3,(H2,19,20,21). The van der Waals surface area contributed by atoms with Crippen LogP contribution in [0.4, 0.5) is 0 Å². The van der Waals surface area contributed by atoms with Crippen LogP contribution >= 0.6 is 0 Å². The summed E-state index contributed by atoms with van der Waals surface area (Å²) in [6.07, 6.45) is 0. The van der Waals surface area contributed by atoms with Crippen molar-refractivity contribution in [2.75, 3.05) is 26.5 Å². The Morgan fingerprint density at radius 3 is 2.42 bits per heavy atom. The highest BCUT2D eigenvalue weighted by Gasteiger charge is 2.04. The Balaban J connectivity index is 1.75. The molecule has 2 N–H and O–H groups in total. The Bertz CT molecular complexity index is 672. The minimum absolute atomic E-state index is 0.535. The van der Waals surface area contributed by atoms with E-state index in [-0.39, 0.29) is 0 Å². The summed E-state index contributed by atoms with van der Waals surface area (Å²) in [5, 5.41) is 6.42. The first kappa shape index (κ1) is 18.0. The molecule has 128 valence electrons. The number of nitrogens with zero attached hydrogens (tertiary/aromatic N) is 1. The summed E-state index contributed by atoms with van der Waals surface area (Å²) in [4.78, 5) is 5.02. The van der Waals surface area contributed by atoms with Gasteiger partial charge < -0.3 is 15.4 Å². The molecule has 2 aromatic carbocycles. The van der Waals surface area contributed by atoms with E-state index >= 15 is 0 Å². The molecule has 6 heteroatoms. The van der Waals surface area contributed by atoms with Crippen molar-refractivity contribution in [2.24, 2.45) is 4.99 Å². The smallest absolute Gasteiger partial charge is 0.191 e. The zero-order chi connectivity index (χ0) is 17.2. The molecule has 1 atom stereocenters. The van der Waals surface area contributed by atoms with Gasteiger partial charge in [0.1, 0.15) is 5.75 Å². The number of hydrogen-bond acceptors (Lipinski definition) is 3. The molecule has 2 rings (SSSR count). The van der Waals surface area contributed by atoms with Crippen LogP contribution in [0.1, 0.15) is 5.56 Å². The molecule has 0 fully saturated rings. The van der Waals surface area contributed by atoms with Crippen LogP contribution in [0.2, 0.25) is 0 Å². The van der Waals surface area contributed by atoms with Crippen molar-refractivity contribution in [3.8, 4) is 5.75 Å². The third-order valence-corrected chi connectivity index (χ3v) is 4.80. The predicted molar refractivity (Wildman–Crippen MR) is 98.9 cm³/mol. The molecule has 1 unspecified atom stereocenters. The number of methoxy groups -OCH3 is 1. The van der Waals surface area contributed by atoms with Crippen LogP contribution in [0.25, 0.3) is 0 Å². The van der Waals surface area contributed by atoms with Gasteiger partial charge in [-0.1, -0.05) is 30.3 Å². The minimum Gasteiger partial charge on any atom is -0.497 e. The molecule has 0 aliphatic carbocycles. The zero-order valence-corrected chi connectivity index (χ0v) is 14.8. The highest BCUT2D eigenvalue weighted by Crippen LogP contribution is 2.10. The van der Waals surface area contributed by atoms with Gasteiger partial charge in [0.25, 0.3) is 0 Å². The monoisotopic (exact) mass is 345 g/mol. The number of hydrogen-bond donors (Lipinski definition) is 2. The molecule has 0 spiro atoms. The number of guanidine groups is 1. The summed E-state index contributed by atoms with van der Waals surface area (Å²) < 4.78 is 17.3. The second-order valence-electron chi connectivity index (χ2n) is 5.06. The van der Waals surface area contributed by atoms with Crippen molar-refractivity contribution in [3.05, 3.63) is 60.2 Å². The van der Waals surface area contributed by atoms with E-state index in [0.29, 0.717) is 24.8 Å². The largest absolute Gasteiger partial charge is 0.497 e. The van der Waals surface area contributed by atoms with E-state index in [9.17, 15) is 4.21 Å². The lowest BCUT2D eigenvalue weighted by molar-refractivity contribution is 0.414. The molecule has 0 aliphatic rings. The molecule has 0 aromatic heterocycles. The molecule has 0 saturated heterocycles. The summed E-state index contributed by atoms with van der Waals surface area (Å²) >= 11 is 0. The van der Waals surface area contributed by atoms with E-state index < -0.39 is 10.8 Å². The van der Waals surface area contributed by atoms with Crippen molar-refractivity contribution >= 4 is 16.8 Å². The van der Waals surface area contributed by atoms with Crippen molar-refractivity contribution in [2.45, 2.75) is 11.4 Å². The van der Waals surface area contributed by atoms with Crippen LogP contribution in [0.5, 0.6) is 5.75 Å². The molecular weight excluding hydrogens is 322 g/mol. The first-order valence-corrected chi connectivity index (χ1v) is 9.05. The van der Waals surface area contributed by atoms with Gasteiger partial charge in [-0.3, -0.25) is 9.20 Å². The van der Waals surface area contributed by atoms with Crippen molar-refractivity contribution in [1.29, 1.82) is 0 Å². The highest BCUT2D eigenvalue weighted by molar-refractivity contribution is 7.85. The van der Waals surface area contributed by atoms with Gasteiger partial charge in [0, 0.05) is 30.8 Å². The normalized spacial score (nSPS) is 12.5. The second-order valence-corrected chi connectivity index (χ2v) is 6.63. The topological polar surface area (TPSA) is 62.7 Å². The highest BCUT2D eigenvalue weighted by atomic mass is 32.2. The van der Waals surface area contributed by atoms with Crippen molar-refractivity contribution in [3.63, 3.8) is 0 Å². The molecule has 24 heavy (non-hydrogen) atoms. The number of aliphatic imine (C=N–C) groups is 1. The van der Waals surface area contributed by atoms with E-state index in [1.807, 2.05) is 54.6 Å². The van der Waals surface area contributed by atoms with Crippen LogP contribution in [0.15, 0.2) is 64.5 Å². The molecule has 0 aliphatic heterocycles. The van der Waals surface area contributed by atoms with Crippen LogP contribution < -0.4 is 15.4 Å². The number of rotatable bonds is 7. The second kappa shape index (κ2) is 9.72. The predicted octanol–water partition coefficient (Wildman–Crippen LogP) is 2.17. The van der Waals surface area contributed by atoms with Crippen LogP contribution in [0, 0.1) is 0 Å². The molecule has 2 aromatic rings. The fourth-order valence-corrected chi connectivity index (χ4v) is 3.09. The maximum absolute atomic E-state index is 12.2. The molecule has 0 saturated carbocycles. The van der Waals surface area contributed by atoms with Gasteiger partial charge in [0.15, 0.2) is 5.96 Å². The Kier molecular flexibility index (Phi) is 7.29. The molecule has 0 heterocycles. The minimum atomic E-state index is -1.00. The van der Waals surface area contributed by atoms with Gasteiger partial charge >= 0.3 is 0 Å². The van der Waals surface area contributed by atoms with E-state index in [2.05, 4.69) is 15.6 Å². The van der Waals surface area contributed by atoms with Gasteiger partial charge in [-0.25, -0.2) is 0 Å². The van der Waals surface area contributed by atoms with E-state index in [1.165, 1.54) is 0 Å². The lowest BCUT2D eigenvalue weighted by atomic mass is 10.2. The average Bonchev–Trinajstić information content (AvgIpc) is 2.65. The quantitative estimate of drug-likeness (QED) is 0.596. The molecule has 0 amide bonds. The Morgan fingerprint density at radius 1 is 1.08 bits per heavy atom. The summed E-state index contributed by atoms with van der Waals surface area (Å²) in [5.41, 5.74) is 1.13. The van der Waals surface area contributed by atoms with Gasteiger partial charge in [-0.05, 0) is 29.8 Å². The molecular formula is C18H23N3O2S. The van der Waals surface area contributed by atoms with Gasteiger partial charge in [0.05, 0.1) is 17.9 Å². The summed E-state index contributed by atoms with van der Waals surface area (Å²) in [7, 11) is 2.37.